The molecule has 96 valence electrons. The van der Waals surface area contributed by atoms with E-state index in [0.717, 1.165) is 32.1 Å². The van der Waals surface area contributed by atoms with Crippen molar-refractivity contribution in [2.45, 2.75) is 63.7 Å². The van der Waals surface area contributed by atoms with Crippen molar-refractivity contribution in [2.75, 3.05) is 12.3 Å². The Morgan fingerprint density at radius 2 is 1.81 bits per heavy atom. The maximum absolute atomic E-state index is 12.0. The standard InChI is InChI=1S/C12H25NO2S/c1-4-12(2,3)13-9-10-16(14,15)11-7-5-6-8-11/h11,13H,4-10H2,1-3H3. The monoisotopic (exact) mass is 247 g/mol. The first-order valence-corrected chi connectivity index (χ1v) is 8.05. The van der Waals surface area contributed by atoms with Crippen molar-refractivity contribution in [3.8, 4) is 0 Å². The lowest BCUT2D eigenvalue weighted by atomic mass is 10.0. The van der Waals surface area contributed by atoms with Crippen LogP contribution in [0.1, 0.15) is 52.9 Å². The lowest BCUT2D eigenvalue weighted by molar-refractivity contribution is 0.386. The summed E-state index contributed by atoms with van der Waals surface area (Å²) < 4.78 is 23.9. The molecule has 0 saturated heterocycles. The van der Waals surface area contributed by atoms with Crippen molar-refractivity contribution in [1.29, 1.82) is 0 Å². The Labute approximate surface area is 99.9 Å². The summed E-state index contributed by atoms with van der Waals surface area (Å²) in [7, 11) is -2.85. The molecule has 0 unspecified atom stereocenters. The van der Waals surface area contributed by atoms with E-state index in [1.54, 1.807) is 0 Å². The predicted molar refractivity (Wildman–Crippen MR) is 68.4 cm³/mol. The molecule has 0 aromatic rings. The zero-order chi connectivity index (χ0) is 12.2. The van der Waals surface area contributed by atoms with Gasteiger partial charge in [0.1, 0.15) is 0 Å². The van der Waals surface area contributed by atoms with Crippen LogP contribution in [-0.2, 0) is 9.84 Å². The summed E-state index contributed by atoms with van der Waals surface area (Å²) in [6.07, 6.45) is 4.92. The molecule has 0 atom stereocenters. The lowest BCUT2D eigenvalue weighted by Crippen LogP contribution is -2.41. The van der Waals surface area contributed by atoms with Crippen LogP contribution in [0.5, 0.6) is 0 Å². The third-order valence-corrected chi connectivity index (χ3v) is 5.94. The highest BCUT2D eigenvalue weighted by molar-refractivity contribution is 7.92. The molecule has 0 radical (unpaired) electrons. The highest BCUT2D eigenvalue weighted by Gasteiger charge is 2.28. The molecule has 0 amide bonds. The summed E-state index contributed by atoms with van der Waals surface area (Å²) in [5.41, 5.74) is 0.0468. The molecule has 0 aromatic carbocycles. The highest BCUT2D eigenvalue weighted by Crippen LogP contribution is 2.25. The second-order valence-electron chi connectivity index (χ2n) is 5.44. The summed E-state index contributed by atoms with van der Waals surface area (Å²) in [4.78, 5) is 0. The average Bonchev–Trinajstić information content (AvgIpc) is 2.70. The molecular formula is C12H25NO2S. The maximum Gasteiger partial charge on any atom is 0.154 e. The molecule has 1 aliphatic carbocycles. The lowest BCUT2D eigenvalue weighted by Gasteiger charge is -2.24. The SMILES string of the molecule is CCC(C)(C)NCCS(=O)(=O)C1CCCC1. The minimum atomic E-state index is -2.85. The van der Waals surface area contributed by atoms with E-state index in [1.807, 2.05) is 0 Å². The van der Waals surface area contributed by atoms with Crippen LogP contribution in [0.25, 0.3) is 0 Å². The quantitative estimate of drug-likeness (QED) is 0.782. The molecule has 0 aromatic heterocycles. The van der Waals surface area contributed by atoms with Gasteiger partial charge < -0.3 is 5.32 Å². The summed E-state index contributed by atoms with van der Waals surface area (Å²) in [5.74, 6) is 0.293. The molecule has 0 bridgehead atoms. The fourth-order valence-corrected chi connectivity index (χ4v) is 3.84. The van der Waals surface area contributed by atoms with Gasteiger partial charge in [-0.1, -0.05) is 19.8 Å². The van der Waals surface area contributed by atoms with E-state index in [-0.39, 0.29) is 10.8 Å². The minimum Gasteiger partial charge on any atom is -0.311 e. The maximum atomic E-state index is 12.0. The Hall–Kier alpha value is -0.0900. The van der Waals surface area contributed by atoms with Gasteiger partial charge in [-0.05, 0) is 33.1 Å². The smallest absolute Gasteiger partial charge is 0.154 e. The average molecular weight is 247 g/mol. The predicted octanol–water partition coefficient (Wildman–Crippen LogP) is 2.12. The molecule has 1 aliphatic rings. The van der Waals surface area contributed by atoms with Crippen molar-refractivity contribution < 1.29 is 8.42 Å². The van der Waals surface area contributed by atoms with Gasteiger partial charge in [0.25, 0.3) is 0 Å². The fraction of sp³-hybridized carbons (Fsp3) is 1.00. The molecule has 0 heterocycles. The molecule has 0 spiro atoms. The van der Waals surface area contributed by atoms with Gasteiger partial charge in [0.05, 0.1) is 11.0 Å². The van der Waals surface area contributed by atoms with Crippen LogP contribution in [0.4, 0.5) is 0 Å². The zero-order valence-electron chi connectivity index (χ0n) is 10.8. The summed E-state index contributed by atoms with van der Waals surface area (Å²) in [5, 5.41) is 3.25. The highest BCUT2D eigenvalue weighted by atomic mass is 32.2. The van der Waals surface area contributed by atoms with Crippen LogP contribution >= 0.6 is 0 Å². The fourth-order valence-electron chi connectivity index (χ4n) is 2.07. The number of hydrogen-bond acceptors (Lipinski definition) is 3. The van der Waals surface area contributed by atoms with Gasteiger partial charge >= 0.3 is 0 Å². The van der Waals surface area contributed by atoms with Crippen molar-refractivity contribution in [3.63, 3.8) is 0 Å². The third-order valence-electron chi connectivity index (χ3n) is 3.68. The van der Waals surface area contributed by atoms with E-state index in [9.17, 15) is 8.42 Å². The van der Waals surface area contributed by atoms with E-state index in [4.69, 9.17) is 0 Å². The van der Waals surface area contributed by atoms with Gasteiger partial charge in [0, 0.05) is 12.1 Å². The van der Waals surface area contributed by atoms with Gasteiger partial charge in [0.2, 0.25) is 0 Å². The van der Waals surface area contributed by atoms with Crippen LogP contribution in [-0.4, -0.2) is 31.5 Å². The molecular weight excluding hydrogens is 222 g/mol. The number of nitrogens with one attached hydrogen (secondary N) is 1. The van der Waals surface area contributed by atoms with Crippen LogP contribution in [0.15, 0.2) is 0 Å². The largest absolute Gasteiger partial charge is 0.311 e. The topological polar surface area (TPSA) is 46.2 Å². The molecule has 16 heavy (non-hydrogen) atoms. The van der Waals surface area contributed by atoms with E-state index in [2.05, 4.69) is 26.1 Å². The summed E-state index contributed by atoms with van der Waals surface area (Å²) in [6.45, 7) is 6.91. The molecule has 1 rings (SSSR count). The summed E-state index contributed by atoms with van der Waals surface area (Å²) >= 11 is 0. The van der Waals surface area contributed by atoms with Crippen LogP contribution in [0.3, 0.4) is 0 Å². The van der Waals surface area contributed by atoms with Crippen molar-refractivity contribution in [2.24, 2.45) is 0 Å². The molecule has 3 nitrogen and oxygen atoms in total. The van der Waals surface area contributed by atoms with Crippen molar-refractivity contribution >= 4 is 9.84 Å². The van der Waals surface area contributed by atoms with E-state index in [1.165, 1.54) is 0 Å². The first-order chi connectivity index (χ1) is 7.37. The van der Waals surface area contributed by atoms with E-state index in [0.29, 0.717) is 12.3 Å². The number of rotatable bonds is 6. The van der Waals surface area contributed by atoms with Crippen LogP contribution < -0.4 is 5.32 Å². The first-order valence-electron chi connectivity index (χ1n) is 6.34. The second-order valence-corrected chi connectivity index (χ2v) is 7.84. The van der Waals surface area contributed by atoms with Gasteiger partial charge in [-0.25, -0.2) is 8.42 Å². The molecule has 4 heteroatoms. The molecule has 1 saturated carbocycles. The second kappa shape index (κ2) is 5.50. The zero-order valence-corrected chi connectivity index (χ0v) is 11.6. The van der Waals surface area contributed by atoms with E-state index < -0.39 is 9.84 Å². The normalized spacial score (nSPS) is 19.2. The minimum absolute atomic E-state index is 0.0468. The Kier molecular flexibility index (Phi) is 4.80. The molecule has 1 N–H and O–H groups in total. The number of sulfone groups is 1. The van der Waals surface area contributed by atoms with Gasteiger partial charge in [-0.3, -0.25) is 0 Å². The van der Waals surface area contributed by atoms with Crippen LogP contribution in [0.2, 0.25) is 0 Å². The van der Waals surface area contributed by atoms with Gasteiger partial charge in [0.15, 0.2) is 9.84 Å². The van der Waals surface area contributed by atoms with Crippen molar-refractivity contribution in [1.82, 2.24) is 5.32 Å². The first kappa shape index (κ1) is 14.0. The summed E-state index contributed by atoms with van der Waals surface area (Å²) in [6, 6.07) is 0. The molecule has 1 fully saturated rings. The Bertz CT molecular complexity index is 303. The third kappa shape index (κ3) is 4.06. The number of hydrogen-bond donors (Lipinski definition) is 1. The Morgan fingerprint density at radius 1 is 1.25 bits per heavy atom. The Morgan fingerprint density at radius 3 is 2.31 bits per heavy atom. The van der Waals surface area contributed by atoms with E-state index >= 15 is 0 Å². The Balaban J connectivity index is 2.36. The van der Waals surface area contributed by atoms with Gasteiger partial charge in [-0.15, -0.1) is 0 Å². The van der Waals surface area contributed by atoms with Gasteiger partial charge in [-0.2, -0.15) is 0 Å². The van der Waals surface area contributed by atoms with Crippen molar-refractivity contribution in [3.05, 3.63) is 0 Å². The molecule has 0 aliphatic heterocycles. The van der Waals surface area contributed by atoms with Crippen LogP contribution in [0, 0.1) is 0 Å².